The summed E-state index contributed by atoms with van der Waals surface area (Å²) >= 11 is 0. The van der Waals surface area contributed by atoms with Gasteiger partial charge in [-0.3, -0.25) is 9.59 Å². The van der Waals surface area contributed by atoms with Gasteiger partial charge in [-0.2, -0.15) is 0 Å². The van der Waals surface area contributed by atoms with E-state index in [0.717, 1.165) is 43.8 Å². The van der Waals surface area contributed by atoms with Crippen molar-refractivity contribution >= 4 is 29.2 Å². The highest BCUT2D eigenvalue weighted by Gasteiger charge is 2.54. The minimum atomic E-state index is -1.04. The molecule has 190 valence electrons. The van der Waals surface area contributed by atoms with Crippen molar-refractivity contribution in [2.45, 2.75) is 31.2 Å². The molecule has 0 radical (unpaired) electrons. The van der Waals surface area contributed by atoms with E-state index in [1.54, 1.807) is 9.80 Å². The Morgan fingerprint density at radius 1 is 0.889 bits per heavy atom. The van der Waals surface area contributed by atoms with Crippen LogP contribution >= 0.6 is 0 Å². The zero-order valence-electron chi connectivity index (χ0n) is 20.0. The Bertz CT molecular complexity index is 1150. The van der Waals surface area contributed by atoms with E-state index < -0.39 is 23.2 Å². The van der Waals surface area contributed by atoms with Crippen LogP contribution < -0.4 is 10.2 Å². The lowest BCUT2D eigenvalue weighted by molar-refractivity contribution is -0.140. The van der Waals surface area contributed by atoms with Crippen LogP contribution in [0.2, 0.25) is 0 Å². The second kappa shape index (κ2) is 9.75. The first-order valence-corrected chi connectivity index (χ1v) is 12.3. The molecule has 3 heterocycles. The minimum Gasteiger partial charge on any atom is -0.341 e. The number of anilines is 2. The lowest BCUT2D eigenvalue weighted by atomic mass is 9.85. The van der Waals surface area contributed by atoms with Crippen molar-refractivity contribution in [1.82, 2.24) is 14.7 Å². The molecule has 3 saturated heterocycles. The zero-order chi connectivity index (χ0) is 25.3. The Kier molecular flexibility index (Phi) is 6.51. The molecule has 0 aromatic heterocycles. The van der Waals surface area contributed by atoms with Gasteiger partial charge in [-0.05, 0) is 49.9 Å². The van der Waals surface area contributed by atoms with Gasteiger partial charge in [0, 0.05) is 43.6 Å². The number of para-hydroxylation sites is 1. The van der Waals surface area contributed by atoms with E-state index in [2.05, 4.69) is 10.2 Å². The van der Waals surface area contributed by atoms with Crippen LogP contribution in [0.25, 0.3) is 0 Å². The van der Waals surface area contributed by atoms with E-state index in [1.165, 1.54) is 6.07 Å². The van der Waals surface area contributed by atoms with Gasteiger partial charge in [-0.25, -0.2) is 13.6 Å². The molecule has 8 nitrogen and oxygen atoms in total. The average Bonchev–Trinajstić information content (AvgIpc) is 3.51. The van der Waals surface area contributed by atoms with Gasteiger partial charge in [0.15, 0.2) is 11.6 Å². The topological polar surface area (TPSA) is 76.2 Å². The number of hydrogen-bond acceptors (Lipinski definition) is 4. The highest BCUT2D eigenvalue weighted by molar-refractivity contribution is 5.97. The number of halogens is 2. The smallest absolute Gasteiger partial charge is 0.321 e. The van der Waals surface area contributed by atoms with Crippen LogP contribution in [0.3, 0.4) is 0 Å². The highest BCUT2D eigenvalue weighted by atomic mass is 19.2. The van der Waals surface area contributed by atoms with Gasteiger partial charge in [-0.1, -0.05) is 18.2 Å². The lowest BCUT2D eigenvalue weighted by Gasteiger charge is -2.43. The monoisotopic (exact) mass is 497 g/mol. The predicted molar refractivity (Wildman–Crippen MR) is 130 cm³/mol. The molecular formula is C26H29F2N5O3. The minimum absolute atomic E-state index is 0.0331. The van der Waals surface area contributed by atoms with Crippen molar-refractivity contribution in [2.24, 2.45) is 0 Å². The Labute approximate surface area is 208 Å². The van der Waals surface area contributed by atoms with Gasteiger partial charge in [0.05, 0.1) is 6.67 Å². The summed E-state index contributed by atoms with van der Waals surface area (Å²) in [6.45, 7) is 2.43. The molecule has 3 fully saturated rings. The number of urea groups is 1. The molecule has 1 N–H and O–H groups in total. The van der Waals surface area contributed by atoms with Gasteiger partial charge in [0.1, 0.15) is 12.1 Å². The largest absolute Gasteiger partial charge is 0.341 e. The number of rotatable bonds is 4. The van der Waals surface area contributed by atoms with E-state index in [4.69, 9.17) is 0 Å². The number of hydrogen-bond donors (Lipinski definition) is 1. The third-order valence-electron chi connectivity index (χ3n) is 7.42. The second-order valence-electron chi connectivity index (χ2n) is 9.57. The standard InChI is InChI=1S/C26H29F2N5O3/c27-21-9-8-19(16-22(21)28)29-25(36)31-14-10-26(11-15-31)24(35)32(17-23(34)30-12-4-5-13-30)18-33(26)20-6-2-1-3-7-20/h1-3,6-9,16H,4-5,10-15,17-18H2,(H,29,36). The summed E-state index contributed by atoms with van der Waals surface area (Å²) in [6.07, 6.45) is 2.76. The van der Waals surface area contributed by atoms with Gasteiger partial charge < -0.3 is 24.9 Å². The Morgan fingerprint density at radius 2 is 1.58 bits per heavy atom. The number of nitrogens with zero attached hydrogens (tertiary/aromatic N) is 4. The summed E-state index contributed by atoms with van der Waals surface area (Å²) in [4.78, 5) is 46.5. The molecule has 0 unspecified atom stereocenters. The summed E-state index contributed by atoms with van der Waals surface area (Å²) in [5.41, 5.74) is 0.195. The van der Waals surface area contributed by atoms with Crippen LogP contribution in [0.4, 0.5) is 25.0 Å². The van der Waals surface area contributed by atoms with Gasteiger partial charge in [-0.15, -0.1) is 0 Å². The van der Waals surface area contributed by atoms with Crippen molar-refractivity contribution in [3.8, 4) is 0 Å². The molecule has 0 bridgehead atoms. The lowest BCUT2D eigenvalue weighted by Crippen LogP contribution is -2.58. The summed E-state index contributed by atoms with van der Waals surface area (Å²) < 4.78 is 26.7. The zero-order valence-corrected chi connectivity index (χ0v) is 20.0. The van der Waals surface area contributed by atoms with Crippen molar-refractivity contribution in [3.63, 3.8) is 0 Å². The molecule has 2 aromatic rings. The molecule has 5 rings (SSSR count). The van der Waals surface area contributed by atoms with Gasteiger partial charge in [0.2, 0.25) is 5.91 Å². The molecule has 3 aliphatic rings. The summed E-state index contributed by atoms with van der Waals surface area (Å²) in [6, 6.07) is 12.4. The van der Waals surface area contributed by atoms with Gasteiger partial charge in [0.25, 0.3) is 5.91 Å². The highest BCUT2D eigenvalue weighted by Crippen LogP contribution is 2.39. The van der Waals surface area contributed by atoms with Gasteiger partial charge >= 0.3 is 6.03 Å². The first-order valence-electron chi connectivity index (χ1n) is 12.3. The number of likely N-dealkylation sites (tertiary alicyclic amines) is 2. The van der Waals surface area contributed by atoms with Crippen molar-refractivity contribution < 1.29 is 23.2 Å². The van der Waals surface area contributed by atoms with Crippen LogP contribution in [-0.2, 0) is 9.59 Å². The fourth-order valence-electron chi connectivity index (χ4n) is 5.41. The quantitative estimate of drug-likeness (QED) is 0.704. The van der Waals surface area contributed by atoms with Crippen LogP contribution in [-0.4, -0.2) is 77.5 Å². The van der Waals surface area contributed by atoms with E-state index in [-0.39, 0.29) is 24.0 Å². The normalized spacial score (nSPS) is 19.3. The Balaban J connectivity index is 1.31. The summed E-state index contributed by atoms with van der Waals surface area (Å²) in [5, 5.41) is 2.60. The molecule has 0 saturated carbocycles. The number of amides is 4. The molecule has 0 aliphatic carbocycles. The Hall–Kier alpha value is -3.69. The maximum Gasteiger partial charge on any atom is 0.321 e. The van der Waals surface area contributed by atoms with E-state index in [9.17, 15) is 23.2 Å². The summed E-state index contributed by atoms with van der Waals surface area (Å²) in [5.74, 6) is -2.15. The van der Waals surface area contributed by atoms with E-state index >= 15 is 0 Å². The molecule has 0 atom stereocenters. The van der Waals surface area contributed by atoms with E-state index in [0.29, 0.717) is 32.6 Å². The average molecular weight is 498 g/mol. The molecule has 3 aliphatic heterocycles. The SMILES string of the molecule is O=C(CN1CN(c2ccccc2)C2(CCN(C(=O)Nc3ccc(F)c(F)c3)CC2)C1=O)N1CCCC1. The number of benzene rings is 2. The first kappa shape index (κ1) is 24.0. The van der Waals surface area contributed by atoms with Crippen molar-refractivity contribution in [3.05, 3.63) is 60.2 Å². The van der Waals surface area contributed by atoms with Crippen molar-refractivity contribution in [1.29, 1.82) is 0 Å². The fraction of sp³-hybridized carbons (Fsp3) is 0.423. The van der Waals surface area contributed by atoms with Crippen LogP contribution in [0, 0.1) is 11.6 Å². The number of nitrogens with one attached hydrogen (secondary N) is 1. The van der Waals surface area contributed by atoms with Crippen LogP contribution in [0.5, 0.6) is 0 Å². The predicted octanol–water partition coefficient (Wildman–Crippen LogP) is 3.26. The van der Waals surface area contributed by atoms with E-state index in [1.807, 2.05) is 35.2 Å². The maximum atomic E-state index is 13.8. The maximum absolute atomic E-state index is 13.8. The molecular weight excluding hydrogens is 468 g/mol. The van der Waals surface area contributed by atoms with Crippen LogP contribution in [0.1, 0.15) is 25.7 Å². The second-order valence-corrected chi connectivity index (χ2v) is 9.57. The number of piperidine rings is 1. The van der Waals surface area contributed by atoms with Crippen LogP contribution in [0.15, 0.2) is 48.5 Å². The first-order chi connectivity index (χ1) is 17.4. The molecule has 1 spiro atoms. The molecule has 2 aromatic carbocycles. The van der Waals surface area contributed by atoms with Crippen molar-refractivity contribution in [2.75, 3.05) is 49.6 Å². The summed E-state index contributed by atoms with van der Waals surface area (Å²) in [7, 11) is 0. The molecule has 4 amide bonds. The molecule has 10 heteroatoms. The molecule has 36 heavy (non-hydrogen) atoms. The number of carbonyl (C=O) groups is 3. The third-order valence-corrected chi connectivity index (χ3v) is 7.42. The number of carbonyl (C=O) groups excluding carboxylic acids is 3. The Morgan fingerprint density at radius 3 is 2.25 bits per heavy atom. The third kappa shape index (κ3) is 4.47. The fourth-order valence-corrected chi connectivity index (χ4v) is 5.41.